The summed E-state index contributed by atoms with van der Waals surface area (Å²) >= 11 is 0. The molecule has 1 aliphatic carbocycles. The second-order valence-electron chi connectivity index (χ2n) is 5.27. The Bertz CT molecular complexity index is 474. The molecule has 0 fully saturated rings. The van der Waals surface area contributed by atoms with Crippen molar-refractivity contribution >= 4 is 5.91 Å². The van der Waals surface area contributed by atoms with Gasteiger partial charge in [0.1, 0.15) is 5.75 Å². The highest BCUT2D eigenvalue weighted by Crippen LogP contribution is 2.37. The topological polar surface area (TPSA) is 52.6 Å². The molecule has 0 aliphatic heterocycles. The lowest BCUT2D eigenvalue weighted by atomic mass is 9.86. The van der Waals surface area contributed by atoms with Crippen molar-refractivity contribution in [2.24, 2.45) is 0 Å². The van der Waals surface area contributed by atoms with E-state index in [-0.39, 0.29) is 11.9 Å². The van der Waals surface area contributed by atoms with E-state index in [2.05, 4.69) is 23.2 Å². The summed E-state index contributed by atoms with van der Waals surface area (Å²) in [5, 5.41) is 12.9. The highest BCUT2D eigenvalue weighted by atomic mass is 16.3. The summed E-state index contributed by atoms with van der Waals surface area (Å²) in [6, 6.07) is 5.96. The molecule has 4 nitrogen and oxygen atoms in total. The first-order valence-electron chi connectivity index (χ1n) is 7.48. The number of aromatic hydroxyl groups is 1. The van der Waals surface area contributed by atoms with Crippen molar-refractivity contribution in [2.75, 3.05) is 19.6 Å². The standard InChI is InChI=1S/C16H24N2O2/c1-3-17-16(20)11-18(4-2)14-9-5-8-13-12(14)7-6-10-15(13)19/h6-7,10,14,19H,3-5,8-9,11H2,1-2H3,(H,17,20). The molecule has 0 heterocycles. The lowest BCUT2D eigenvalue weighted by Gasteiger charge is -2.35. The Morgan fingerprint density at radius 3 is 2.95 bits per heavy atom. The lowest BCUT2D eigenvalue weighted by molar-refractivity contribution is -0.122. The molecule has 2 rings (SSSR count). The summed E-state index contributed by atoms with van der Waals surface area (Å²) in [5.41, 5.74) is 2.24. The van der Waals surface area contributed by atoms with Crippen LogP contribution in [0, 0.1) is 0 Å². The van der Waals surface area contributed by atoms with Gasteiger partial charge in [-0.15, -0.1) is 0 Å². The van der Waals surface area contributed by atoms with Crippen LogP contribution >= 0.6 is 0 Å². The summed E-state index contributed by atoms with van der Waals surface area (Å²) in [6.45, 7) is 5.93. The zero-order valence-electron chi connectivity index (χ0n) is 12.4. The van der Waals surface area contributed by atoms with Gasteiger partial charge < -0.3 is 10.4 Å². The maximum atomic E-state index is 11.8. The van der Waals surface area contributed by atoms with E-state index in [1.807, 2.05) is 13.0 Å². The van der Waals surface area contributed by atoms with Gasteiger partial charge in [-0.2, -0.15) is 0 Å². The third-order valence-corrected chi connectivity index (χ3v) is 4.02. The van der Waals surface area contributed by atoms with Crippen LogP contribution in [0.3, 0.4) is 0 Å². The Morgan fingerprint density at radius 2 is 2.25 bits per heavy atom. The number of likely N-dealkylation sites (N-methyl/N-ethyl adjacent to an activating group) is 2. The largest absolute Gasteiger partial charge is 0.508 e. The summed E-state index contributed by atoms with van der Waals surface area (Å²) in [7, 11) is 0. The number of rotatable bonds is 5. The number of nitrogens with zero attached hydrogens (tertiary/aromatic N) is 1. The maximum absolute atomic E-state index is 11.8. The molecular weight excluding hydrogens is 252 g/mol. The molecule has 4 heteroatoms. The molecule has 1 unspecified atom stereocenters. The van der Waals surface area contributed by atoms with Crippen LogP contribution in [0.4, 0.5) is 0 Å². The number of carbonyl (C=O) groups excluding carboxylic acids is 1. The number of benzene rings is 1. The Balaban J connectivity index is 2.20. The van der Waals surface area contributed by atoms with E-state index in [1.54, 1.807) is 6.07 Å². The molecule has 0 bridgehead atoms. The van der Waals surface area contributed by atoms with Crippen molar-refractivity contribution in [3.8, 4) is 5.75 Å². The molecule has 20 heavy (non-hydrogen) atoms. The first-order valence-corrected chi connectivity index (χ1v) is 7.48. The number of fused-ring (bicyclic) bond motifs is 1. The fraction of sp³-hybridized carbons (Fsp3) is 0.562. The van der Waals surface area contributed by atoms with Gasteiger partial charge in [-0.3, -0.25) is 9.69 Å². The summed E-state index contributed by atoms with van der Waals surface area (Å²) in [6.07, 6.45) is 3.03. The average molecular weight is 276 g/mol. The molecule has 1 aromatic rings. The molecule has 0 aromatic heterocycles. The average Bonchev–Trinajstić information content (AvgIpc) is 2.45. The number of hydrogen-bond donors (Lipinski definition) is 2. The quantitative estimate of drug-likeness (QED) is 0.867. The van der Waals surface area contributed by atoms with E-state index in [9.17, 15) is 9.90 Å². The second-order valence-corrected chi connectivity index (χ2v) is 5.27. The van der Waals surface area contributed by atoms with Crippen LogP contribution in [0.25, 0.3) is 0 Å². The molecule has 0 spiro atoms. The molecule has 0 saturated heterocycles. The van der Waals surface area contributed by atoms with Gasteiger partial charge in [-0.05, 0) is 49.9 Å². The minimum Gasteiger partial charge on any atom is -0.508 e. The van der Waals surface area contributed by atoms with Crippen LogP contribution in [0.15, 0.2) is 18.2 Å². The summed E-state index contributed by atoms with van der Waals surface area (Å²) < 4.78 is 0. The van der Waals surface area contributed by atoms with Crippen LogP contribution < -0.4 is 5.32 Å². The van der Waals surface area contributed by atoms with E-state index in [1.165, 1.54) is 5.56 Å². The first-order chi connectivity index (χ1) is 9.67. The number of nitrogens with one attached hydrogen (secondary N) is 1. The first kappa shape index (κ1) is 14.9. The Morgan fingerprint density at radius 1 is 1.45 bits per heavy atom. The number of carbonyl (C=O) groups is 1. The van der Waals surface area contributed by atoms with Crippen molar-refractivity contribution in [1.29, 1.82) is 0 Å². The molecule has 2 N–H and O–H groups in total. The monoisotopic (exact) mass is 276 g/mol. The number of hydrogen-bond acceptors (Lipinski definition) is 3. The fourth-order valence-corrected chi connectivity index (χ4v) is 3.06. The van der Waals surface area contributed by atoms with Crippen molar-refractivity contribution in [1.82, 2.24) is 10.2 Å². The molecule has 1 aromatic carbocycles. The van der Waals surface area contributed by atoms with Crippen molar-refractivity contribution in [3.63, 3.8) is 0 Å². The Hall–Kier alpha value is -1.55. The van der Waals surface area contributed by atoms with Gasteiger partial charge >= 0.3 is 0 Å². The van der Waals surface area contributed by atoms with E-state index >= 15 is 0 Å². The van der Waals surface area contributed by atoms with Gasteiger partial charge in [-0.1, -0.05) is 19.1 Å². The number of phenols is 1. The van der Waals surface area contributed by atoms with Crippen molar-refractivity contribution in [2.45, 2.75) is 39.2 Å². The highest BCUT2D eigenvalue weighted by molar-refractivity contribution is 5.78. The van der Waals surface area contributed by atoms with Gasteiger partial charge in [0.25, 0.3) is 0 Å². The van der Waals surface area contributed by atoms with Gasteiger partial charge in [0.15, 0.2) is 0 Å². The molecule has 0 saturated carbocycles. The lowest BCUT2D eigenvalue weighted by Crippen LogP contribution is -2.40. The minimum absolute atomic E-state index is 0.0710. The van der Waals surface area contributed by atoms with Crippen molar-refractivity contribution < 1.29 is 9.90 Å². The molecule has 1 aliphatic rings. The second kappa shape index (κ2) is 6.75. The maximum Gasteiger partial charge on any atom is 0.234 e. The molecule has 110 valence electrons. The number of phenolic OH excluding ortho intramolecular Hbond substituents is 1. The molecular formula is C16H24N2O2. The fourth-order valence-electron chi connectivity index (χ4n) is 3.06. The zero-order chi connectivity index (χ0) is 14.5. The predicted molar refractivity (Wildman–Crippen MR) is 79.7 cm³/mol. The SMILES string of the molecule is CCNC(=O)CN(CC)C1CCCc2c(O)cccc21. The van der Waals surface area contributed by atoms with Gasteiger partial charge in [0, 0.05) is 12.6 Å². The van der Waals surface area contributed by atoms with Gasteiger partial charge in [-0.25, -0.2) is 0 Å². The number of amides is 1. The van der Waals surface area contributed by atoms with Crippen molar-refractivity contribution in [3.05, 3.63) is 29.3 Å². The molecule has 0 radical (unpaired) electrons. The molecule has 1 atom stereocenters. The summed E-state index contributed by atoms with van der Waals surface area (Å²) in [5.74, 6) is 0.461. The van der Waals surface area contributed by atoms with E-state index in [4.69, 9.17) is 0 Å². The smallest absolute Gasteiger partial charge is 0.234 e. The van der Waals surface area contributed by atoms with Crippen LogP contribution in [0.2, 0.25) is 0 Å². The van der Waals surface area contributed by atoms with Crippen LogP contribution in [-0.2, 0) is 11.2 Å². The third-order valence-electron chi connectivity index (χ3n) is 4.02. The predicted octanol–water partition coefficient (Wildman–Crippen LogP) is 2.23. The van der Waals surface area contributed by atoms with Gasteiger partial charge in [0.05, 0.1) is 6.54 Å². The highest BCUT2D eigenvalue weighted by Gasteiger charge is 2.27. The third kappa shape index (κ3) is 3.12. The van der Waals surface area contributed by atoms with Gasteiger partial charge in [0.2, 0.25) is 5.91 Å². The van der Waals surface area contributed by atoms with Crippen LogP contribution in [0.5, 0.6) is 5.75 Å². The van der Waals surface area contributed by atoms with Crippen LogP contribution in [0.1, 0.15) is 43.9 Å². The van der Waals surface area contributed by atoms with Crippen LogP contribution in [-0.4, -0.2) is 35.5 Å². The zero-order valence-corrected chi connectivity index (χ0v) is 12.4. The minimum atomic E-state index is 0.0710. The van der Waals surface area contributed by atoms with E-state index in [0.717, 1.165) is 31.4 Å². The Kier molecular flexibility index (Phi) is 5.01. The Labute approximate surface area is 120 Å². The normalized spacial score (nSPS) is 17.9. The van der Waals surface area contributed by atoms with E-state index < -0.39 is 0 Å². The summed E-state index contributed by atoms with van der Waals surface area (Å²) in [4.78, 5) is 14.0. The molecule has 1 amide bonds. The van der Waals surface area contributed by atoms with E-state index in [0.29, 0.717) is 18.8 Å².